The number of aromatic hydroxyl groups is 1. The monoisotopic (exact) mass is 338 g/mol. The van der Waals surface area contributed by atoms with Crippen LogP contribution >= 0.6 is 0 Å². The molecule has 6 heteroatoms. The highest BCUT2D eigenvalue weighted by Gasteiger charge is 2.16. The molecular weight excluding hydrogens is 316 g/mol. The van der Waals surface area contributed by atoms with Crippen LogP contribution in [0.15, 0.2) is 47.8 Å². The van der Waals surface area contributed by atoms with Crippen LogP contribution in [0.25, 0.3) is 0 Å². The molecule has 1 aliphatic rings. The number of hydrogen-bond acceptors (Lipinski definition) is 5. The average molecular weight is 338 g/mol. The molecule has 2 aromatic rings. The summed E-state index contributed by atoms with van der Waals surface area (Å²) < 4.78 is 0. The predicted octanol–water partition coefficient (Wildman–Crippen LogP) is 2.54. The van der Waals surface area contributed by atoms with Gasteiger partial charge in [-0.1, -0.05) is 12.1 Å². The van der Waals surface area contributed by atoms with E-state index in [0.29, 0.717) is 16.8 Å². The molecule has 1 amide bonds. The van der Waals surface area contributed by atoms with Crippen molar-refractivity contribution in [3.8, 4) is 5.75 Å². The molecule has 0 saturated carbocycles. The Morgan fingerprint density at radius 3 is 2.68 bits per heavy atom. The van der Waals surface area contributed by atoms with E-state index in [2.05, 4.69) is 20.4 Å². The Bertz CT molecular complexity index is 768. The summed E-state index contributed by atoms with van der Waals surface area (Å²) in [7, 11) is 0. The summed E-state index contributed by atoms with van der Waals surface area (Å²) in [6, 6.07) is 8.88. The minimum atomic E-state index is -0.311. The van der Waals surface area contributed by atoms with E-state index in [1.807, 2.05) is 12.1 Å². The molecule has 1 aromatic carbocycles. The molecule has 0 atom stereocenters. The number of nitrogens with one attached hydrogen (secondary N) is 1. The van der Waals surface area contributed by atoms with Gasteiger partial charge in [-0.2, -0.15) is 5.10 Å². The SMILES string of the molecule is C/C(=N/NC(=O)c1ccncc1)c1cccc(CN2CCCC2)c1O. The molecule has 25 heavy (non-hydrogen) atoms. The van der Waals surface area contributed by atoms with Gasteiger partial charge in [0.1, 0.15) is 5.75 Å². The van der Waals surface area contributed by atoms with Gasteiger partial charge in [-0.15, -0.1) is 0 Å². The molecule has 0 bridgehead atoms. The second-order valence-corrected chi connectivity index (χ2v) is 6.17. The predicted molar refractivity (Wildman–Crippen MR) is 96.5 cm³/mol. The Hall–Kier alpha value is -2.73. The third-order valence-corrected chi connectivity index (χ3v) is 4.37. The van der Waals surface area contributed by atoms with Crippen LogP contribution in [0, 0.1) is 0 Å². The number of amides is 1. The van der Waals surface area contributed by atoms with Crippen molar-refractivity contribution in [1.82, 2.24) is 15.3 Å². The lowest BCUT2D eigenvalue weighted by molar-refractivity contribution is 0.0954. The number of benzene rings is 1. The third-order valence-electron chi connectivity index (χ3n) is 4.37. The first-order chi connectivity index (χ1) is 12.1. The van der Waals surface area contributed by atoms with E-state index in [4.69, 9.17) is 0 Å². The van der Waals surface area contributed by atoms with Gasteiger partial charge >= 0.3 is 0 Å². The van der Waals surface area contributed by atoms with Crippen molar-refractivity contribution in [3.63, 3.8) is 0 Å². The molecule has 2 heterocycles. The maximum atomic E-state index is 12.0. The Kier molecular flexibility index (Phi) is 5.40. The molecule has 0 unspecified atom stereocenters. The van der Waals surface area contributed by atoms with E-state index in [0.717, 1.165) is 25.2 Å². The maximum absolute atomic E-state index is 12.0. The first kappa shape index (κ1) is 17.1. The van der Waals surface area contributed by atoms with Crippen LogP contribution in [0.5, 0.6) is 5.75 Å². The lowest BCUT2D eigenvalue weighted by atomic mass is 10.1. The molecule has 2 N–H and O–H groups in total. The van der Waals surface area contributed by atoms with Gasteiger partial charge < -0.3 is 5.11 Å². The molecule has 0 spiro atoms. The van der Waals surface area contributed by atoms with Gasteiger partial charge in [0.05, 0.1) is 5.71 Å². The number of hydrazone groups is 1. The summed E-state index contributed by atoms with van der Waals surface area (Å²) in [5, 5.41) is 14.7. The number of carbonyl (C=O) groups is 1. The van der Waals surface area contributed by atoms with Gasteiger partial charge in [-0.3, -0.25) is 14.7 Å². The number of phenols is 1. The summed E-state index contributed by atoms with van der Waals surface area (Å²) in [6.07, 6.45) is 5.53. The summed E-state index contributed by atoms with van der Waals surface area (Å²) >= 11 is 0. The Morgan fingerprint density at radius 2 is 1.96 bits per heavy atom. The zero-order chi connectivity index (χ0) is 17.6. The maximum Gasteiger partial charge on any atom is 0.271 e. The largest absolute Gasteiger partial charge is 0.507 e. The van der Waals surface area contributed by atoms with Gasteiger partial charge in [-0.05, 0) is 51.1 Å². The van der Waals surface area contributed by atoms with Gasteiger partial charge in [0.2, 0.25) is 0 Å². The molecule has 130 valence electrons. The van der Waals surface area contributed by atoms with Gasteiger partial charge in [0, 0.05) is 35.6 Å². The molecule has 0 aliphatic carbocycles. The number of nitrogens with zero attached hydrogens (tertiary/aromatic N) is 3. The topological polar surface area (TPSA) is 77.8 Å². The zero-order valence-corrected chi connectivity index (χ0v) is 14.3. The molecule has 3 rings (SSSR count). The molecule has 1 saturated heterocycles. The Balaban J connectivity index is 1.72. The van der Waals surface area contributed by atoms with E-state index < -0.39 is 0 Å². The molecule has 1 fully saturated rings. The first-order valence-electron chi connectivity index (χ1n) is 8.43. The number of para-hydroxylation sites is 1. The quantitative estimate of drug-likeness (QED) is 0.649. The molecule has 1 aliphatic heterocycles. The number of phenolic OH excluding ortho intramolecular Hbond substituents is 1. The highest BCUT2D eigenvalue weighted by molar-refractivity contribution is 6.02. The van der Waals surface area contributed by atoms with Gasteiger partial charge in [0.15, 0.2) is 0 Å². The number of carbonyl (C=O) groups excluding carboxylic acids is 1. The van der Waals surface area contributed by atoms with Gasteiger partial charge in [-0.25, -0.2) is 5.43 Å². The van der Waals surface area contributed by atoms with Crippen molar-refractivity contribution in [2.24, 2.45) is 5.10 Å². The van der Waals surface area contributed by atoms with Crippen molar-refractivity contribution in [2.45, 2.75) is 26.3 Å². The number of likely N-dealkylation sites (tertiary alicyclic amines) is 1. The van der Waals surface area contributed by atoms with Crippen LogP contribution in [0.4, 0.5) is 0 Å². The molecule has 6 nitrogen and oxygen atoms in total. The van der Waals surface area contributed by atoms with Crippen LogP contribution in [0.1, 0.15) is 41.3 Å². The molecule has 0 radical (unpaired) electrons. The van der Waals surface area contributed by atoms with E-state index >= 15 is 0 Å². The van der Waals surface area contributed by atoms with Crippen molar-refractivity contribution < 1.29 is 9.90 Å². The van der Waals surface area contributed by atoms with E-state index in [-0.39, 0.29) is 11.7 Å². The smallest absolute Gasteiger partial charge is 0.271 e. The summed E-state index contributed by atoms with van der Waals surface area (Å²) in [6.45, 7) is 4.63. The van der Waals surface area contributed by atoms with Crippen molar-refractivity contribution in [2.75, 3.05) is 13.1 Å². The number of hydrogen-bond donors (Lipinski definition) is 2. The fraction of sp³-hybridized carbons (Fsp3) is 0.316. The van der Waals surface area contributed by atoms with Crippen LogP contribution in [-0.2, 0) is 6.54 Å². The third kappa shape index (κ3) is 4.22. The van der Waals surface area contributed by atoms with Crippen LogP contribution in [0.3, 0.4) is 0 Å². The second kappa shape index (κ2) is 7.90. The zero-order valence-electron chi connectivity index (χ0n) is 14.3. The van der Waals surface area contributed by atoms with Crippen LogP contribution in [-0.4, -0.2) is 39.7 Å². The standard InChI is InChI=1S/C19H22N4O2/c1-14(21-22-19(25)15-7-9-20-10-8-15)17-6-4-5-16(18(17)24)13-23-11-2-3-12-23/h4-10,24H,2-3,11-13H2,1H3,(H,22,25)/b21-14-. The molecule has 1 aromatic heterocycles. The fourth-order valence-corrected chi connectivity index (χ4v) is 2.96. The summed E-state index contributed by atoms with van der Waals surface area (Å²) in [4.78, 5) is 18.3. The Labute approximate surface area is 147 Å². The highest BCUT2D eigenvalue weighted by Crippen LogP contribution is 2.25. The lowest BCUT2D eigenvalue weighted by Crippen LogP contribution is -2.20. The van der Waals surface area contributed by atoms with Crippen molar-refractivity contribution >= 4 is 11.6 Å². The van der Waals surface area contributed by atoms with Gasteiger partial charge in [0.25, 0.3) is 5.91 Å². The van der Waals surface area contributed by atoms with Crippen molar-refractivity contribution in [1.29, 1.82) is 0 Å². The lowest BCUT2D eigenvalue weighted by Gasteiger charge is -2.17. The fourth-order valence-electron chi connectivity index (χ4n) is 2.96. The number of pyridine rings is 1. The summed E-state index contributed by atoms with van der Waals surface area (Å²) in [5.74, 6) is -0.0803. The highest BCUT2D eigenvalue weighted by atomic mass is 16.3. The van der Waals surface area contributed by atoms with Crippen molar-refractivity contribution in [3.05, 3.63) is 59.4 Å². The Morgan fingerprint density at radius 1 is 1.24 bits per heavy atom. The normalized spacial score (nSPS) is 15.3. The number of rotatable bonds is 5. The molecular formula is C19H22N4O2. The van der Waals surface area contributed by atoms with E-state index in [1.54, 1.807) is 37.5 Å². The minimum Gasteiger partial charge on any atom is -0.507 e. The van der Waals surface area contributed by atoms with E-state index in [1.165, 1.54) is 12.8 Å². The minimum absolute atomic E-state index is 0.230. The number of aromatic nitrogens is 1. The second-order valence-electron chi connectivity index (χ2n) is 6.17. The summed E-state index contributed by atoms with van der Waals surface area (Å²) in [5.41, 5.74) is 5.07. The average Bonchev–Trinajstić information content (AvgIpc) is 3.15. The van der Waals surface area contributed by atoms with E-state index in [9.17, 15) is 9.90 Å². The first-order valence-corrected chi connectivity index (χ1v) is 8.43. The van der Waals surface area contributed by atoms with Crippen LogP contribution in [0.2, 0.25) is 0 Å². The van der Waals surface area contributed by atoms with Crippen LogP contribution < -0.4 is 5.43 Å².